The average molecular weight is 621 g/mol. The summed E-state index contributed by atoms with van der Waals surface area (Å²) in [5.41, 5.74) is 10.8. The summed E-state index contributed by atoms with van der Waals surface area (Å²) in [4.78, 5) is 12.3. The highest BCUT2D eigenvalue weighted by Gasteiger charge is 2.38. The normalized spacial score (nSPS) is 13.0. The summed E-state index contributed by atoms with van der Waals surface area (Å²) in [6.45, 7) is 4.38. The van der Waals surface area contributed by atoms with Crippen molar-refractivity contribution in [1.29, 1.82) is 0 Å². The number of phenolic OH excluding ortho intramolecular Hbond substituents is 1. The molecule has 48 heavy (non-hydrogen) atoms. The zero-order valence-corrected chi connectivity index (χ0v) is 26.7. The molecule has 5 nitrogen and oxygen atoms in total. The predicted octanol–water partition coefficient (Wildman–Crippen LogP) is 10.7. The first-order valence-corrected chi connectivity index (χ1v) is 16.2. The fourth-order valence-corrected chi connectivity index (χ4v) is 7.43. The molecule has 0 amide bonds. The van der Waals surface area contributed by atoms with Crippen molar-refractivity contribution in [1.82, 2.24) is 14.5 Å². The molecule has 0 saturated carbocycles. The molecule has 1 aliphatic carbocycles. The highest BCUT2D eigenvalue weighted by molar-refractivity contribution is 6.09. The maximum atomic E-state index is 10.9. The van der Waals surface area contributed by atoms with Crippen molar-refractivity contribution in [3.8, 4) is 34.0 Å². The number of fused-ring (bicyclic) bond motifs is 6. The molecule has 0 radical (unpaired) electrons. The minimum absolute atomic E-state index is 0.242. The summed E-state index contributed by atoms with van der Waals surface area (Å²) < 4.78 is 2.32. The highest BCUT2D eigenvalue weighted by Crippen LogP contribution is 2.51. The van der Waals surface area contributed by atoms with Gasteiger partial charge < -0.3 is 9.67 Å². The van der Waals surface area contributed by atoms with Crippen molar-refractivity contribution < 1.29 is 5.11 Å². The Balaban J connectivity index is 1.19. The molecule has 230 valence electrons. The fraction of sp³-hybridized carbons (Fsp3) is 0.0698. The fourth-order valence-electron chi connectivity index (χ4n) is 7.43. The van der Waals surface area contributed by atoms with E-state index in [1.54, 1.807) is 6.07 Å². The van der Waals surface area contributed by atoms with Crippen LogP contribution in [0.4, 0.5) is 17.2 Å². The smallest absolute Gasteiger partial charge is 0.139 e. The predicted molar refractivity (Wildman–Crippen MR) is 196 cm³/mol. The first-order chi connectivity index (χ1) is 23.5. The Labute approximate surface area is 279 Å². The van der Waals surface area contributed by atoms with Gasteiger partial charge in [0, 0.05) is 51.0 Å². The molecular weight excluding hydrogens is 589 g/mol. The van der Waals surface area contributed by atoms with Crippen molar-refractivity contribution in [2.75, 3.05) is 4.90 Å². The van der Waals surface area contributed by atoms with Crippen LogP contribution in [0.3, 0.4) is 0 Å². The molecule has 1 aliphatic rings. The summed E-state index contributed by atoms with van der Waals surface area (Å²) in [7, 11) is 0. The van der Waals surface area contributed by atoms with E-state index in [0.29, 0.717) is 0 Å². The van der Waals surface area contributed by atoms with Gasteiger partial charge in [0.05, 0.1) is 28.1 Å². The Morgan fingerprint density at radius 1 is 0.625 bits per heavy atom. The Morgan fingerprint density at radius 2 is 1.31 bits per heavy atom. The van der Waals surface area contributed by atoms with E-state index in [-0.39, 0.29) is 11.2 Å². The van der Waals surface area contributed by atoms with Crippen LogP contribution in [-0.4, -0.2) is 19.6 Å². The Morgan fingerprint density at radius 3 is 2.08 bits per heavy atom. The summed E-state index contributed by atoms with van der Waals surface area (Å²) in [5, 5.41) is 13.3. The maximum Gasteiger partial charge on any atom is 0.139 e. The Bertz CT molecular complexity index is 2460. The Kier molecular flexibility index (Phi) is 6.24. The van der Waals surface area contributed by atoms with E-state index in [0.717, 1.165) is 67.6 Å². The largest absolute Gasteiger partial charge is 0.507 e. The first-order valence-electron chi connectivity index (χ1n) is 16.2. The van der Waals surface area contributed by atoms with E-state index in [1.165, 1.54) is 10.8 Å². The van der Waals surface area contributed by atoms with Crippen LogP contribution in [0.15, 0.2) is 152 Å². The Hall–Kier alpha value is -6.20. The molecule has 0 saturated heterocycles. The lowest BCUT2D eigenvalue weighted by Gasteiger charge is -2.25. The summed E-state index contributed by atoms with van der Waals surface area (Å²) >= 11 is 0. The van der Waals surface area contributed by atoms with Gasteiger partial charge in [-0.3, -0.25) is 4.90 Å². The monoisotopic (exact) mass is 620 g/mol. The molecular formula is C43H32N4O. The molecule has 8 aromatic rings. The molecule has 5 aromatic carbocycles. The topological polar surface area (TPSA) is 54.2 Å². The molecule has 9 rings (SSSR count). The summed E-state index contributed by atoms with van der Waals surface area (Å²) in [6, 6.07) is 50.1. The van der Waals surface area contributed by atoms with Crippen molar-refractivity contribution in [3.05, 3.63) is 163 Å². The number of rotatable bonds is 5. The zero-order valence-electron chi connectivity index (χ0n) is 26.7. The standard InChI is InChI=1S/C43H32N4O/c1-43(2)34-18-11-21-39(48)41(34)42-35(43)22-23-36(45-42)28-12-10-15-30(26-28)46(29-13-4-3-5-14-29)40-27-31(24-25-44-40)47-37-19-8-6-16-32(37)33-17-7-9-20-38(33)47/h3-27,48H,1-2H3. The van der Waals surface area contributed by atoms with Gasteiger partial charge in [-0.15, -0.1) is 0 Å². The van der Waals surface area contributed by atoms with Crippen molar-refractivity contribution in [3.63, 3.8) is 0 Å². The number of phenols is 1. The van der Waals surface area contributed by atoms with Gasteiger partial charge in [0.1, 0.15) is 11.6 Å². The molecule has 0 fully saturated rings. The summed E-state index contributed by atoms with van der Waals surface area (Å²) in [6.07, 6.45) is 1.89. The van der Waals surface area contributed by atoms with E-state index in [1.807, 2.05) is 18.3 Å². The van der Waals surface area contributed by atoms with Crippen molar-refractivity contribution in [2.24, 2.45) is 0 Å². The van der Waals surface area contributed by atoms with Crippen LogP contribution in [0.2, 0.25) is 0 Å². The zero-order chi connectivity index (χ0) is 32.4. The van der Waals surface area contributed by atoms with Crippen LogP contribution in [-0.2, 0) is 5.41 Å². The van der Waals surface area contributed by atoms with Gasteiger partial charge >= 0.3 is 0 Å². The van der Waals surface area contributed by atoms with E-state index in [4.69, 9.17) is 9.97 Å². The second-order valence-corrected chi connectivity index (χ2v) is 12.9. The number of pyridine rings is 2. The lowest BCUT2D eigenvalue weighted by atomic mass is 9.83. The van der Waals surface area contributed by atoms with Crippen LogP contribution in [0.25, 0.3) is 50.0 Å². The lowest BCUT2D eigenvalue weighted by Crippen LogP contribution is -2.15. The van der Waals surface area contributed by atoms with Crippen LogP contribution < -0.4 is 4.90 Å². The van der Waals surface area contributed by atoms with E-state index in [2.05, 4.69) is 151 Å². The maximum absolute atomic E-state index is 10.9. The second kappa shape index (κ2) is 10.7. The molecule has 5 heteroatoms. The molecule has 0 aliphatic heterocycles. The van der Waals surface area contributed by atoms with Gasteiger partial charge in [0.15, 0.2) is 0 Å². The number of hydrogen-bond donors (Lipinski definition) is 1. The number of aromatic hydroxyl groups is 1. The minimum atomic E-state index is -0.242. The third-order valence-corrected chi connectivity index (χ3v) is 9.73. The van der Waals surface area contributed by atoms with Crippen LogP contribution in [0, 0.1) is 0 Å². The number of hydrogen-bond acceptors (Lipinski definition) is 4. The molecule has 0 spiro atoms. The third-order valence-electron chi connectivity index (χ3n) is 9.73. The summed E-state index contributed by atoms with van der Waals surface area (Å²) in [5.74, 6) is 1.07. The average Bonchev–Trinajstić information content (AvgIpc) is 3.58. The molecule has 3 heterocycles. The quantitative estimate of drug-likeness (QED) is 0.208. The van der Waals surface area contributed by atoms with Crippen LogP contribution in [0.1, 0.15) is 25.0 Å². The van der Waals surface area contributed by atoms with Crippen LogP contribution in [0.5, 0.6) is 5.75 Å². The number of aromatic nitrogens is 3. The lowest BCUT2D eigenvalue weighted by molar-refractivity contribution is 0.476. The highest BCUT2D eigenvalue weighted by atomic mass is 16.3. The third kappa shape index (κ3) is 4.25. The van der Waals surface area contributed by atoms with E-state index in [9.17, 15) is 5.11 Å². The first kappa shape index (κ1) is 28.1. The van der Waals surface area contributed by atoms with Gasteiger partial charge in [0.25, 0.3) is 0 Å². The molecule has 3 aromatic heterocycles. The van der Waals surface area contributed by atoms with Gasteiger partial charge in [-0.25, -0.2) is 9.97 Å². The van der Waals surface area contributed by atoms with Gasteiger partial charge in [-0.1, -0.05) is 98.8 Å². The van der Waals surface area contributed by atoms with Crippen LogP contribution >= 0.6 is 0 Å². The SMILES string of the molecule is CC1(C)c2ccc(-c3cccc(N(c4ccccc4)c4cc(-n5c6ccccc6c6ccccc65)ccn4)c3)nc2-c2c(O)cccc21. The van der Waals surface area contributed by atoms with Gasteiger partial charge in [-0.05, 0) is 65.7 Å². The molecule has 0 unspecified atom stereocenters. The molecule has 1 N–H and O–H groups in total. The second-order valence-electron chi connectivity index (χ2n) is 12.9. The number of anilines is 3. The van der Waals surface area contributed by atoms with Crippen molar-refractivity contribution in [2.45, 2.75) is 19.3 Å². The van der Waals surface area contributed by atoms with E-state index >= 15 is 0 Å². The molecule has 0 atom stereocenters. The van der Waals surface area contributed by atoms with Crippen molar-refractivity contribution >= 4 is 39.0 Å². The van der Waals surface area contributed by atoms with Gasteiger partial charge in [0.2, 0.25) is 0 Å². The molecule has 0 bridgehead atoms. The van der Waals surface area contributed by atoms with Gasteiger partial charge in [-0.2, -0.15) is 0 Å². The van der Waals surface area contributed by atoms with E-state index < -0.39 is 0 Å². The number of benzene rings is 5. The number of para-hydroxylation sites is 3. The minimum Gasteiger partial charge on any atom is -0.507 e. The number of nitrogens with zero attached hydrogens (tertiary/aromatic N) is 4.